The van der Waals surface area contributed by atoms with Gasteiger partial charge in [-0.1, -0.05) is 0 Å². The summed E-state index contributed by atoms with van der Waals surface area (Å²) in [6.45, 7) is -0.306. The molecule has 0 bridgehead atoms. The highest BCUT2D eigenvalue weighted by Crippen LogP contribution is 2.31. The second kappa shape index (κ2) is 10.0. The summed E-state index contributed by atoms with van der Waals surface area (Å²) in [6, 6.07) is -0.939. The fraction of sp³-hybridized carbons (Fsp3) is 0.467. The minimum absolute atomic E-state index is 0.0200. The lowest BCUT2D eigenvalue weighted by Gasteiger charge is -2.44. The van der Waals surface area contributed by atoms with Crippen LogP contribution >= 0.6 is 11.5 Å². The number of carbonyl (C=O) groups is 3. The second-order valence-corrected chi connectivity index (χ2v) is 11.1. The Kier molecular flexibility index (Phi) is 7.69. The molecule has 3 atom stereocenters. The zero-order valence-corrected chi connectivity index (χ0v) is 20.1. The molecule has 1 fully saturated rings. The van der Waals surface area contributed by atoms with E-state index in [9.17, 15) is 36.0 Å². The van der Waals surface area contributed by atoms with Crippen LogP contribution in [0.2, 0.25) is 0 Å². The minimum Gasteiger partial charge on any atom is -0.369 e. The number of alkyl halides is 3. The fourth-order valence-electron chi connectivity index (χ4n) is 3.01. The Labute approximate surface area is 202 Å². The first kappa shape index (κ1) is 26.8. The highest BCUT2D eigenvalue weighted by molar-refractivity contribution is 7.91. The zero-order chi connectivity index (χ0) is 26.1. The Morgan fingerprint density at radius 3 is 2.66 bits per heavy atom. The molecule has 0 aromatic carbocycles. The number of hydrogen-bond acceptors (Lipinski definition) is 11. The van der Waals surface area contributed by atoms with Crippen molar-refractivity contribution in [2.45, 2.75) is 31.1 Å². The molecule has 1 aromatic rings. The van der Waals surface area contributed by atoms with Gasteiger partial charge in [0.1, 0.15) is 11.5 Å². The van der Waals surface area contributed by atoms with Gasteiger partial charge in [0, 0.05) is 16.0 Å². The minimum atomic E-state index is -4.64. The third kappa shape index (κ3) is 6.66. The number of likely N-dealkylation sites (tertiary alicyclic amines) is 1. The molecule has 0 aliphatic carbocycles. The molecule has 3 unspecified atom stereocenters. The van der Waals surface area contributed by atoms with E-state index in [4.69, 9.17) is 11.5 Å². The van der Waals surface area contributed by atoms with Crippen molar-refractivity contribution in [1.29, 1.82) is 0 Å². The number of carbonyl (C=O) groups excluding carboxylic acids is 3. The van der Waals surface area contributed by atoms with Crippen molar-refractivity contribution in [3.05, 3.63) is 22.0 Å². The van der Waals surface area contributed by atoms with Crippen LogP contribution in [0.5, 0.6) is 0 Å². The van der Waals surface area contributed by atoms with Crippen molar-refractivity contribution < 1.29 is 40.8 Å². The van der Waals surface area contributed by atoms with E-state index in [0.717, 1.165) is 11.5 Å². The molecule has 3 heterocycles. The number of nitrogens with one attached hydrogen (secondary N) is 2. The van der Waals surface area contributed by atoms with Gasteiger partial charge < -0.3 is 16.4 Å². The molecule has 6 N–H and O–H groups in total. The molecule has 20 heteroatoms. The molecule has 1 saturated heterocycles. The van der Waals surface area contributed by atoms with Gasteiger partial charge in [0.15, 0.2) is 12.4 Å². The Morgan fingerprint density at radius 1 is 1.43 bits per heavy atom. The first-order valence-corrected chi connectivity index (χ1v) is 13.0. The van der Waals surface area contributed by atoms with Crippen molar-refractivity contribution in [2.75, 3.05) is 17.9 Å². The van der Waals surface area contributed by atoms with E-state index >= 15 is 0 Å². The summed E-state index contributed by atoms with van der Waals surface area (Å²) in [5, 5.41) is 1.26. The summed E-state index contributed by atoms with van der Waals surface area (Å²) in [4.78, 5) is 43.2. The molecular formula is C15H19F3N8O6S3. The molecular weight excluding hydrogens is 541 g/mol. The number of aryl methyl sites for hydroxylation is 1. The second-order valence-electron chi connectivity index (χ2n) is 7.16. The first-order valence-electron chi connectivity index (χ1n) is 9.41. The number of β-lactam (4-membered cyclic amide) rings is 1. The monoisotopic (exact) mass is 560 g/mol. The Bertz CT molecular complexity index is 1200. The quantitative estimate of drug-likeness (QED) is 0.241. The molecule has 0 spiro atoms. The summed E-state index contributed by atoms with van der Waals surface area (Å²) in [5.41, 5.74) is 10.1. The molecule has 0 saturated carbocycles. The van der Waals surface area contributed by atoms with Crippen molar-refractivity contribution in [3.63, 3.8) is 0 Å². The Hall–Kier alpha value is -2.81. The van der Waals surface area contributed by atoms with Crippen LogP contribution in [0.15, 0.2) is 21.7 Å². The largest absolute Gasteiger partial charge is 0.414 e. The van der Waals surface area contributed by atoms with E-state index in [1.54, 1.807) is 11.6 Å². The number of nitrogens with zero attached hydrogens (tertiary/aromatic N) is 4. The smallest absolute Gasteiger partial charge is 0.369 e. The number of anilines is 1. The number of urea groups is 1. The van der Waals surface area contributed by atoms with E-state index in [1.165, 1.54) is 16.4 Å². The van der Waals surface area contributed by atoms with Crippen LogP contribution in [0.4, 0.5) is 23.8 Å². The van der Waals surface area contributed by atoms with Crippen LogP contribution in [0.3, 0.4) is 0 Å². The number of primary amides is 1. The maximum absolute atomic E-state index is 12.7. The molecule has 4 amide bonds. The molecule has 2 aliphatic heterocycles. The fourth-order valence-corrected chi connectivity index (χ4v) is 5.79. The number of hydrogen-bond donors (Lipinski definition) is 4. The number of amides is 4. The zero-order valence-electron chi connectivity index (χ0n) is 17.7. The van der Waals surface area contributed by atoms with Crippen LogP contribution < -0.4 is 20.9 Å². The van der Waals surface area contributed by atoms with E-state index in [1.807, 2.05) is 4.72 Å². The Morgan fingerprint density at radius 2 is 2.11 bits per heavy atom. The van der Waals surface area contributed by atoms with Crippen LogP contribution in [0.25, 0.3) is 0 Å². The van der Waals surface area contributed by atoms with E-state index in [-0.39, 0.29) is 18.1 Å². The maximum Gasteiger partial charge on any atom is 0.414 e. The van der Waals surface area contributed by atoms with Crippen molar-refractivity contribution in [3.8, 4) is 0 Å². The lowest BCUT2D eigenvalue weighted by atomic mass is 10.1. The number of halogens is 3. The van der Waals surface area contributed by atoms with Crippen molar-refractivity contribution in [2.24, 2.45) is 16.0 Å². The maximum atomic E-state index is 12.7. The van der Waals surface area contributed by atoms with E-state index in [0.29, 0.717) is 9.78 Å². The van der Waals surface area contributed by atoms with Crippen LogP contribution in [-0.2, 0) is 35.3 Å². The molecule has 1 aromatic heterocycles. The normalized spacial score (nSPS) is 22.7. The van der Waals surface area contributed by atoms with Gasteiger partial charge in [-0.25, -0.2) is 19.1 Å². The molecule has 2 aliphatic rings. The highest BCUT2D eigenvalue weighted by atomic mass is 32.2. The summed E-state index contributed by atoms with van der Waals surface area (Å²) >= 11 is 1.03. The summed E-state index contributed by atoms with van der Waals surface area (Å²) < 4.78 is 72.2. The predicted molar refractivity (Wildman–Crippen MR) is 117 cm³/mol. The van der Waals surface area contributed by atoms with Crippen molar-refractivity contribution >= 4 is 56.1 Å². The average molecular weight is 561 g/mol. The van der Waals surface area contributed by atoms with Gasteiger partial charge in [-0.15, -0.1) is 4.53 Å². The number of aromatic nitrogens is 1. The predicted octanol–water partition coefficient (Wildman–Crippen LogP) is -0.401. The van der Waals surface area contributed by atoms with Crippen LogP contribution in [0.1, 0.15) is 11.3 Å². The summed E-state index contributed by atoms with van der Waals surface area (Å²) in [6.07, 6.45) is -5.05. The van der Waals surface area contributed by atoms with Gasteiger partial charge >= 0.3 is 22.4 Å². The number of imide groups is 1. The lowest BCUT2D eigenvalue weighted by Crippen LogP contribution is -2.69. The summed E-state index contributed by atoms with van der Waals surface area (Å²) in [7, 11) is -5.89. The highest BCUT2D eigenvalue weighted by Gasteiger charge is 2.49. The van der Waals surface area contributed by atoms with E-state index in [2.05, 4.69) is 13.7 Å². The van der Waals surface area contributed by atoms with E-state index < -0.39 is 69.5 Å². The third-order valence-corrected chi connectivity index (χ3v) is 7.54. The molecule has 0 radical (unpaired) electrons. The molecule has 14 nitrogen and oxygen atoms in total. The van der Waals surface area contributed by atoms with Crippen molar-refractivity contribution in [1.82, 2.24) is 18.9 Å². The van der Waals surface area contributed by atoms with Gasteiger partial charge in [-0.3, -0.25) is 14.5 Å². The molecule has 194 valence electrons. The number of rotatable bonds is 8. The topological polar surface area (TPSA) is 202 Å². The average Bonchev–Trinajstić information content (AvgIpc) is 3.22. The van der Waals surface area contributed by atoms with Gasteiger partial charge in [0.05, 0.1) is 13.0 Å². The van der Waals surface area contributed by atoms with Gasteiger partial charge in [-0.05, 0) is 35.2 Å². The van der Waals surface area contributed by atoms with Gasteiger partial charge in [0.25, 0.3) is 5.91 Å². The number of nitrogens with two attached hydrogens (primary N) is 2. The molecule has 3 rings (SSSR count). The third-order valence-electron chi connectivity index (χ3n) is 4.41. The molecule has 35 heavy (non-hydrogen) atoms. The Balaban J connectivity index is 1.67. The standard InChI is InChI=1S/C15H19F3N8O6S3/c1-7-2-11(21-33-7)22-35(30,31)23-14(29)25-4-9(12(25)28)26-8(3-10(19)27)5-34(13(26)20)24-32-6-15(16,17)18/h2,5,9,13H,3-4,6,20H2,1H3,(H2,19,27)(H,21,22)(H,23,29). The lowest BCUT2D eigenvalue weighted by molar-refractivity contribution is -0.173. The van der Waals surface area contributed by atoms with Gasteiger partial charge in [0.2, 0.25) is 5.91 Å². The van der Waals surface area contributed by atoms with Crippen LogP contribution in [-0.4, -0.2) is 71.3 Å². The SMILES string of the molecule is Cc1cc(NS(=O)(=O)NC(=O)N2CC(N3C(CC(N)=O)=C/S(=N/OCC(F)(F)F)C3N)C2=O)ns1. The van der Waals surface area contributed by atoms with Gasteiger partial charge in [-0.2, -0.15) is 26.0 Å². The van der Waals surface area contributed by atoms with Crippen LogP contribution in [0, 0.1) is 6.92 Å². The first-order chi connectivity index (χ1) is 16.2. The summed E-state index contributed by atoms with van der Waals surface area (Å²) in [5.74, 6) is -1.70.